The smallest absolute Gasteiger partial charge is 0.263 e. The van der Waals surface area contributed by atoms with E-state index in [2.05, 4.69) is 5.43 Å². The highest BCUT2D eigenvalue weighted by Crippen LogP contribution is 2.12. The van der Waals surface area contributed by atoms with Crippen LogP contribution in [0, 0.1) is 0 Å². The number of nitrogens with zero attached hydrogens (tertiary/aromatic N) is 1. The van der Waals surface area contributed by atoms with Crippen LogP contribution in [0.3, 0.4) is 0 Å². The fourth-order valence-corrected chi connectivity index (χ4v) is 1.84. The summed E-state index contributed by atoms with van der Waals surface area (Å²) in [5.41, 5.74) is 2.89. The van der Waals surface area contributed by atoms with Gasteiger partial charge in [0.05, 0.1) is 0 Å². The molecule has 4 heteroatoms. The third-order valence-electron chi connectivity index (χ3n) is 2.60. The largest absolute Gasteiger partial charge is 0.368 e. The SMILES string of the molecule is O=C(NN1CCCC1)C1CCCO1. The third-order valence-corrected chi connectivity index (χ3v) is 2.60. The summed E-state index contributed by atoms with van der Waals surface area (Å²) in [5.74, 6) is 0.0411. The number of ether oxygens (including phenoxy) is 1. The number of nitrogens with one attached hydrogen (secondary N) is 1. The molecule has 1 atom stereocenters. The van der Waals surface area contributed by atoms with Crippen LogP contribution in [0.4, 0.5) is 0 Å². The molecular weight excluding hydrogens is 168 g/mol. The van der Waals surface area contributed by atoms with Gasteiger partial charge >= 0.3 is 0 Å². The van der Waals surface area contributed by atoms with Gasteiger partial charge in [-0.05, 0) is 25.7 Å². The zero-order chi connectivity index (χ0) is 9.10. The molecule has 0 aromatic carbocycles. The summed E-state index contributed by atoms with van der Waals surface area (Å²) in [4.78, 5) is 11.5. The molecule has 0 spiro atoms. The topological polar surface area (TPSA) is 41.6 Å². The Labute approximate surface area is 78.2 Å². The lowest BCUT2D eigenvalue weighted by Gasteiger charge is -2.18. The van der Waals surface area contributed by atoms with Crippen molar-refractivity contribution in [1.82, 2.24) is 10.4 Å². The van der Waals surface area contributed by atoms with Crippen molar-refractivity contribution in [3.05, 3.63) is 0 Å². The van der Waals surface area contributed by atoms with E-state index in [1.165, 1.54) is 12.8 Å². The molecule has 2 aliphatic heterocycles. The molecule has 2 aliphatic rings. The molecule has 0 aromatic heterocycles. The van der Waals surface area contributed by atoms with Gasteiger partial charge in [-0.3, -0.25) is 10.2 Å². The monoisotopic (exact) mass is 184 g/mol. The van der Waals surface area contributed by atoms with Gasteiger partial charge in [0.2, 0.25) is 0 Å². The number of carbonyl (C=O) groups is 1. The van der Waals surface area contributed by atoms with Crippen molar-refractivity contribution in [2.24, 2.45) is 0 Å². The number of hydrogen-bond donors (Lipinski definition) is 1. The molecule has 1 unspecified atom stereocenters. The second-order valence-corrected chi connectivity index (χ2v) is 3.67. The molecule has 2 saturated heterocycles. The van der Waals surface area contributed by atoms with Gasteiger partial charge in [0, 0.05) is 19.7 Å². The minimum atomic E-state index is -0.194. The second kappa shape index (κ2) is 4.07. The van der Waals surface area contributed by atoms with Crippen LogP contribution in [0.25, 0.3) is 0 Å². The average molecular weight is 184 g/mol. The molecule has 4 nitrogen and oxygen atoms in total. The Morgan fingerprint density at radius 1 is 1.31 bits per heavy atom. The molecule has 0 radical (unpaired) electrons. The summed E-state index contributed by atoms with van der Waals surface area (Å²) in [6, 6.07) is 0. The molecule has 2 fully saturated rings. The zero-order valence-corrected chi connectivity index (χ0v) is 7.79. The Hall–Kier alpha value is -0.610. The molecule has 2 heterocycles. The second-order valence-electron chi connectivity index (χ2n) is 3.67. The first-order valence-corrected chi connectivity index (χ1v) is 5.03. The average Bonchev–Trinajstić information content (AvgIpc) is 2.74. The van der Waals surface area contributed by atoms with E-state index < -0.39 is 0 Å². The maximum Gasteiger partial charge on any atom is 0.263 e. The highest BCUT2D eigenvalue weighted by atomic mass is 16.5. The quantitative estimate of drug-likeness (QED) is 0.670. The van der Waals surface area contributed by atoms with Crippen LogP contribution in [-0.4, -0.2) is 36.7 Å². The van der Waals surface area contributed by atoms with E-state index in [9.17, 15) is 4.79 Å². The molecule has 0 saturated carbocycles. The lowest BCUT2D eigenvalue weighted by atomic mass is 10.2. The van der Waals surface area contributed by atoms with Crippen LogP contribution in [0.15, 0.2) is 0 Å². The maximum absolute atomic E-state index is 11.5. The van der Waals surface area contributed by atoms with Crippen LogP contribution < -0.4 is 5.43 Å². The first-order valence-electron chi connectivity index (χ1n) is 5.03. The van der Waals surface area contributed by atoms with Gasteiger partial charge in [-0.1, -0.05) is 0 Å². The van der Waals surface area contributed by atoms with Crippen molar-refractivity contribution in [1.29, 1.82) is 0 Å². The van der Waals surface area contributed by atoms with E-state index in [1.807, 2.05) is 5.01 Å². The fourth-order valence-electron chi connectivity index (χ4n) is 1.84. The van der Waals surface area contributed by atoms with Crippen LogP contribution in [0.5, 0.6) is 0 Å². The molecule has 13 heavy (non-hydrogen) atoms. The summed E-state index contributed by atoms with van der Waals surface area (Å²) >= 11 is 0. The van der Waals surface area contributed by atoms with E-state index in [-0.39, 0.29) is 12.0 Å². The number of hydrazine groups is 1. The number of rotatable bonds is 2. The Balaban J connectivity index is 1.76. The van der Waals surface area contributed by atoms with Crippen molar-refractivity contribution in [2.45, 2.75) is 31.8 Å². The highest BCUT2D eigenvalue weighted by Gasteiger charge is 2.25. The van der Waals surface area contributed by atoms with E-state index in [0.29, 0.717) is 0 Å². The van der Waals surface area contributed by atoms with Gasteiger partial charge in [0.25, 0.3) is 5.91 Å². The van der Waals surface area contributed by atoms with Crippen molar-refractivity contribution in [3.8, 4) is 0 Å². The summed E-state index contributed by atoms with van der Waals surface area (Å²) in [6.07, 6.45) is 4.07. The van der Waals surface area contributed by atoms with Crippen LogP contribution >= 0.6 is 0 Å². The molecular formula is C9H16N2O2. The van der Waals surface area contributed by atoms with Crippen LogP contribution in [0.1, 0.15) is 25.7 Å². The third kappa shape index (κ3) is 2.19. The molecule has 1 amide bonds. The fraction of sp³-hybridized carbons (Fsp3) is 0.889. The van der Waals surface area contributed by atoms with Crippen molar-refractivity contribution < 1.29 is 9.53 Å². The van der Waals surface area contributed by atoms with Gasteiger partial charge in [0.15, 0.2) is 0 Å². The predicted octanol–water partition coefficient (Wildman–Crippen LogP) is 0.292. The number of carbonyl (C=O) groups excluding carboxylic acids is 1. The minimum absolute atomic E-state index is 0.0411. The number of amides is 1. The molecule has 2 rings (SSSR count). The van der Waals surface area contributed by atoms with Crippen LogP contribution in [-0.2, 0) is 9.53 Å². The minimum Gasteiger partial charge on any atom is -0.368 e. The highest BCUT2D eigenvalue weighted by molar-refractivity contribution is 5.80. The Kier molecular flexibility index (Phi) is 2.80. The Morgan fingerprint density at radius 2 is 2.08 bits per heavy atom. The normalized spacial score (nSPS) is 29.4. The van der Waals surface area contributed by atoms with Crippen molar-refractivity contribution >= 4 is 5.91 Å². The van der Waals surface area contributed by atoms with E-state index in [1.54, 1.807) is 0 Å². The molecule has 0 aliphatic carbocycles. The standard InChI is InChI=1S/C9H16N2O2/c12-9(8-4-3-7-13-8)10-11-5-1-2-6-11/h8H,1-7H2,(H,10,12). The lowest BCUT2D eigenvalue weighted by molar-refractivity contribution is -0.134. The molecule has 0 bridgehead atoms. The number of hydrogen-bond acceptors (Lipinski definition) is 3. The first-order chi connectivity index (χ1) is 6.36. The van der Waals surface area contributed by atoms with Gasteiger partial charge in [-0.2, -0.15) is 0 Å². The zero-order valence-electron chi connectivity index (χ0n) is 7.79. The first kappa shape index (κ1) is 8.97. The summed E-state index contributed by atoms with van der Waals surface area (Å²) in [7, 11) is 0. The maximum atomic E-state index is 11.5. The summed E-state index contributed by atoms with van der Waals surface area (Å²) < 4.78 is 5.29. The van der Waals surface area contributed by atoms with Gasteiger partial charge < -0.3 is 4.74 Å². The Morgan fingerprint density at radius 3 is 2.69 bits per heavy atom. The lowest BCUT2D eigenvalue weighted by Crippen LogP contribution is -2.45. The van der Waals surface area contributed by atoms with Gasteiger partial charge in [0.1, 0.15) is 6.10 Å². The molecule has 0 aromatic rings. The van der Waals surface area contributed by atoms with E-state index >= 15 is 0 Å². The van der Waals surface area contributed by atoms with Crippen molar-refractivity contribution in [2.75, 3.05) is 19.7 Å². The predicted molar refractivity (Wildman–Crippen MR) is 47.9 cm³/mol. The summed E-state index contributed by atoms with van der Waals surface area (Å²) in [5, 5.41) is 1.99. The van der Waals surface area contributed by atoms with E-state index in [4.69, 9.17) is 4.74 Å². The van der Waals surface area contributed by atoms with Crippen LogP contribution in [0.2, 0.25) is 0 Å². The molecule has 74 valence electrons. The van der Waals surface area contributed by atoms with Gasteiger partial charge in [-0.15, -0.1) is 0 Å². The van der Waals surface area contributed by atoms with Gasteiger partial charge in [-0.25, -0.2) is 5.01 Å². The summed E-state index contributed by atoms with van der Waals surface area (Å²) in [6.45, 7) is 2.70. The van der Waals surface area contributed by atoms with E-state index in [0.717, 1.165) is 32.5 Å². The van der Waals surface area contributed by atoms with Crippen molar-refractivity contribution in [3.63, 3.8) is 0 Å². The molecule has 1 N–H and O–H groups in total. The Bertz CT molecular complexity index is 184.